The molecule has 1 aliphatic rings. The maximum Gasteiger partial charge on any atom is 0.118 e. The molecule has 0 spiro atoms. The molecule has 0 saturated heterocycles. The van der Waals surface area contributed by atoms with E-state index in [9.17, 15) is 0 Å². The average molecular weight is 292 g/mol. The molecule has 118 valence electrons. The van der Waals surface area contributed by atoms with Crippen LogP contribution in [0.15, 0.2) is 28.2 Å². The molecule has 2 rings (SSSR count). The van der Waals surface area contributed by atoms with Gasteiger partial charge in [-0.15, -0.1) is 0 Å². The van der Waals surface area contributed by atoms with E-state index in [-0.39, 0.29) is 0 Å². The van der Waals surface area contributed by atoms with E-state index in [1.165, 1.54) is 5.57 Å². The quantitative estimate of drug-likeness (QED) is 0.748. The highest BCUT2D eigenvalue weighted by Gasteiger charge is 2.13. The summed E-state index contributed by atoms with van der Waals surface area (Å²) in [7, 11) is 1.75. The Morgan fingerprint density at radius 3 is 2.81 bits per heavy atom. The summed E-state index contributed by atoms with van der Waals surface area (Å²) in [5.74, 6) is 2.75. The molecule has 21 heavy (non-hydrogen) atoms. The molecule has 0 amide bonds. The first kappa shape index (κ1) is 16.3. The van der Waals surface area contributed by atoms with Crippen molar-refractivity contribution in [3.8, 4) is 0 Å². The Kier molecular flexibility index (Phi) is 6.49. The first-order valence-electron chi connectivity index (χ1n) is 7.85. The van der Waals surface area contributed by atoms with Crippen molar-refractivity contribution < 1.29 is 9.15 Å². The van der Waals surface area contributed by atoms with Gasteiger partial charge >= 0.3 is 0 Å². The van der Waals surface area contributed by atoms with Gasteiger partial charge in [0.15, 0.2) is 0 Å². The van der Waals surface area contributed by atoms with Crippen LogP contribution in [0.5, 0.6) is 0 Å². The van der Waals surface area contributed by atoms with Crippen LogP contribution in [0.1, 0.15) is 31.8 Å². The highest BCUT2D eigenvalue weighted by atomic mass is 16.5. The Hall–Kier alpha value is -1.10. The molecule has 0 bridgehead atoms. The summed E-state index contributed by atoms with van der Waals surface area (Å²) < 4.78 is 11.1. The normalized spacial score (nSPS) is 16.5. The van der Waals surface area contributed by atoms with Crippen molar-refractivity contribution in [3.05, 3.63) is 35.3 Å². The monoisotopic (exact) mass is 292 g/mol. The zero-order chi connectivity index (χ0) is 15.1. The minimum Gasteiger partial charge on any atom is -0.463 e. The van der Waals surface area contributed by atoms with Gasteiger partial charge in [-0.3, -0.25) is 4.90 Å². The fourth-order valence-corrected chi connectivity index (χ4v) is 2.52. The number of methoxy groups -OCH3 is 1. The second-order valence-electron chi connectivity index (χ2n) is 6.17. The van der Waals surface area contributed by atoms with Gasteiger partial charge in [0.2, 0.25) is 0 Å². The molecule has 0 aliphatic carbocycles. The van der Waals surface area contributed by atoms with E-state index in [1.807, 2.05) is 0 Å². The molecule has 1 aliphatic heterocycles. The molecule has 0 fully saturated rings. The van der Waals surface area contributed by atoms with Crippen molar-refractivity contribution in [2.45, 2.75) is 33.4 Å². The van der Waals surface area contributed by atoms with Crippen LogP contribution in [-0.2, 0) is 17.8 Å². The molecule has 1 N–H and O–H groups in total. The van der Waals surface area contributed by atoms with Gasteiger partial charge in [0.05, 0.1) is 19.7 Å². The summed E-state index contributed by atoms with van der Waals surface area (Å²) >= 11 is 0. The topological polar surface area (TPSA) is 37.6 Å². The van der Waals surface area contributed by atoms with Crippen molar-refractivity contribution in [2.75, 3.05) is 33.4 Å². The number of rotatable bonds is 8. The van der Waals surface area contributed by atoms with Crippen LogP contribution in [-0.4, -0.2) is 38.3 Å². The second kappa shape index (κ2) is 8.37. The number of nitrogens with one attached hydrogen (secondary N) is 1. The fourth-order valence-electron chi connectivity index (χ4n) is 2.52. The summed E-state index contributed by atoms with van der Waals surface area (Å²) in [6.45, 7) is 9.98. The number of hydrogen-bond donors (Lipinski definition) is 1. The molecular weight excluding hydrogens is 264 g/mol. The first-order chi connectivity index (χ1) is 10.2. The lowest BCUT2D eigenvalue weighted by molar-refractivity contribution is 0.206. The van der Waals surface area contributed by atoms with Gasteiger partial charge in [-0.1, -0.05) is 19.9 Å². The van der Waals surface area contributed by atoms with Gasteiger partial charge < -0.3 is 14.5 Å². The van der Waals surface area contributed by atoms with Crippen LogP contribution < -0.4 is 5.32 Å². The SMILES string of the molecule is COCC1=CCN(Cc2ccc(CNCC(C)C)o2)CC1. The largest absolute Gasteiger partial charge is 0.463 e. The van der Waals surface area contributed by atoms with Crippen LogP contribution in [0, 0.1) is 5.92 Å². The average Bonchev–Trinajstić information content (AvgIpc) is 2.88. The van der Waals surface area contributed by atoms with E-state index in [1.54, 1.807) is 7.11 Å². The maximum atomic E-state index is 5.89. The van der Waals surface area contributed by atoms with Gasteiger partial charge in [0.1, 0.15) is 11.5 Å². The minimum atomic E-state index is 0.667. The van der Waals surface area contributed by atoms with Crippen molar-refractivity contribution in [2.24, 2.45) is 5.92 Å². The molecule has 2 heterocycles. The molecule has 0 aromatic carbocycles. The maximum absolute atomic E-state index is 5.89. The lowest BCUT2D eigenvalue weighted by Gasteiger charge is -2.25. The summed E-state index contributed by atoms with van der Waals surface area (Å²) in [4.78, 5) is 2.41. The van der Waals surface area contributed by atoms with Gasteiger partial charge in [-0.25, -0.2) is 0 Å². The van der Waals surface area contributed by atoms with Crippen molar-refractivity contribution in [1.82, 2.24) is 10.2 Å². The smallest absolute Gasteiger partial charge is 0.118 e. The number of furan rings is 1. The van der Waals surface area contributed by atoms with Crippen molar-refractivity contribution in [3.63, 3.8) is 0 Å². The third-order valence-corrected chi connectivity index (χ3v) is 3.67. The van der Waals surface area contributed by atoms with Gasteiger partial charge in [-0.2, -0.15) is 0 Å². The third kappa shape index (κ3) is 5.65. The summed E-state index contributed by atoms with van der Waals surface area (Å²) in [6, 6.07) is 4.18. The molecule has 0 unspecified atom stereocenters. The minimum absolute atomic E-state index is 0.667. The third-order valence-electron chi connectivity index (χ3n) is 3.67. The fraction of sp³-hybridized carbons (Fsp3) is 0.647. The van der Waals surface area contributed by atoms with E-state index in [2.05, 4.69) is 42.3 Å². The van der Waals surface area contributed by atoms with Crippen molar-refractivity contribution in [1.29, 1.82) is 0 Å². The number of nitrogens with zero attached hydrogens (tertiary/aromatic N) is 1. The first-order valence-corrected chi connectivity index (χ1v) is 7.85. The summed E-state index contributed by atoms with van der Waals surface area (Å²) in [5, 5.41) is 3.41. The van der Waals surface area contributed by atoms with Crippen molar-refractivity contribution >= 4 is 0 Å². The lowest BCUT2D eigenvalue weighted by atomic mass is 10.1. The summed E-state index contributed by atoms with van der Waals surface area (Å²) in [5.41, 5.74) is 1.41. The standard InChI is InChI=1S/C17H28N2O2/c1-14(2)10-18-11-16-4-5-17(21-16)12-19-8-6-15(7-9-19)13-20-3/h4-6,14,18H,7-13H2,1-3H3. The number of ether oxygens (including phenoxy) is 1. The molecule has 0 atom stereocenters. The van der Waals surface area contributed by atoms with Crippen LogP contribution in [0.25, 0.3) is 0 Å². The molecular formula is C17H28N2O2. The van der Waals surface area contributed by atoms with E-state index in [4.69, 9.17) is 9.15 Å². The van der Waals surface area contributed by atoms with Crippen LogP contribution in [0.4, 0.5) is 0 Å². The predicted octanol–water partition coefficient (Wildman–Crippen LogP) is 2.80. The highest BCUT2D eigenvalue weighted by molar-refractivity contribution is 5.10. The van der Waals surface area contributed by atoms with Gasteiger partial charge in [0, 0.05) is 20.2 Å². The summed E-state index contributed by atoms with van der Waals surface area (Å²) in [6.07, 6.45) is 3.37. The molecule has 4 nitrogen and oxygen atoms in total. The Labute approximate surface area is 128 Å². The van der Waals surface area contributed by atoms with E-state index >= 15 is 0 Å². The molecule has 1 aromatic rings. The second-order valence-corrected chi connectivity index (χ2v) is 6.17. The highest BCUT2D eigenvalue weighted by Crippen LogP contribution is 2.16. The molecule has 4 heteroatoms. The van der Waals surface area contributed by atoms with Crippen LogP contribution in [0.3, 0.4) is 0 Å². The Morgan fingerprint density at radius 2 is 2.14 bits per heavy atom. The Bertz CT molecular complexity index is 451. The zero-order valence-electron chi connectivity index (χ0n) is 13.5. The zero-order valence-corrected chi connectivity index (χ0v) is 13.5. The molecule has 0 saturated carbocycles. The van der Waals surface area contributed by atoms with E-state index < -0.39 is 0 Å². The molecule has 0 radical (unpaired) electrons. The number of hydrogen-bond acceptors (Lipinski definition) is 4. The molecule has 1 aromatic heterocycles. The van der Waals surface area contributed by atoms with E-state index in [0.29, 0.717) is 5.92 Å². The van der Waals surface area contributed by atoms with Crippen LogP contribution >= 0.6 is 0 Å². The van der Waals surface area contributed by atoms with Gasteiger partial charge in [0.25, 0.3) is 0 Å². The van der Waals surface area contributed by atoms with E-state index in [0.717, 1.165) is 57.3 Å². The predicted molar refractivity (Wildman–Crippen MR) is 85.1 cm³/mol. The van der Waals surface area contributed by atoms with Gasteiger partial charge in [-0.05, 0) is 36.6 Å². The van der Waals surface area contributed by atoms with Crippen LogP contribution in [0.2, 0.25) is 0 Å². The lowest BCUT2D eigenvalue weighted by Crippen LogP contribution is -2.28. The Balaban J connectivity index is 1.75. The Morgan fingerprint density at radius 1 is 1.33 bits per heavy atom.